The number of nitrogens with two attached hydrogens (primary N) is 1. The molecule has 112 valence electrons. The third-order valence-electron chi connectivity index (χ3n) is 3.75. The highest BCUT2D eigenvalue weighted by Gasteiger charge is 2.10. The largest absolute Gasteiger partial charge is 0.494 e. The van der Waals surface area contributed by atoms with Crippen molar-refractivity contribution >= 4 is 5.69 Å². The standard InChI is InChI=1S/C17H18N4O/c1-11-4-5-13(8-12(11)2)15-10-21(20-19-15)16-9-14(18)6-7-17(16)22-3/h4-10H,18H2,1-3H3. The Morgan fingerprint density at radius 2 is 1.86 bits per heavy atom. The van der Waals surface area contributed by atoms with Crippen molar-refractivity contribution in [3.05, 3.63) is 53.7 Å². The quantitative estimate of drug-likeness (QED) is 0.754. The second-order valence-corrected chi connectivity index (χ2v) is 5.28. The van der Waals surface area contributed by atoms with Gasteiger partial charge >= 0.3 is 0 Å². The van der Waals surface area contributed by atoms with Crippen molar-refractivity contribution in [3.63, 3.8) is 0 Å². The van der Waals surface area contributed by atoms with Crippen molar-refractivity contribution < 1.29 is 4.74 Å². The van der Waals surface area contributed by atoms with Crippen LogP contribution in [-0.4, -0.2) is 22.1 Å². The van der Waals surface area contributed by atoms with Gasteiger partial charge in [0.15, 0.2) is 0 Å². The summed E-state index contributed by atoms with van der Waals surface area (Å²) in [5.74, 6) is 0.700. The van der Waals surface area contributed by atoms with Crippen LogP contribution in [0.15, 0.2) is 42.6 Å². The Bertz CT molecular complexity index is 823. The smallest absolute Gasteiger partial charge is 0.144 e. The van der Waals surface area contributed by atoms with E-state index >= 15 is 0 Å². The number of methoxy groups -OCH3 is 1. The van der Waals surface area contributed by atoms with Crippen LogP contribution in [-0.2, 0) is 0 Å². The highest BCUT2D eigenvalue weighted by Crippen LogP contribution is 2.26. The fourth-order valence-electron chi connectivity index (χ4n) is 2.30. The molecule has 3 rings (SSSR count). The lowest BCUT2D eigenvalue weighted by Crippen LogP contribution is -2.00. The van der Waals surface area contributed by atoms with E-state index in [1.165, 1.54) is 11.1 Å². The molecule has 3 aromatic rings. The number of hydrogen-bond acceptors (Lipinski definition) is 4. The molecule has 0 saturated carbocycles. The minimum absolute atomic E-state index is 0.652. The maximum absolute atomic E-state index is 5.86. The molecular weight excluding hydrogens is 276 g/mol. The van der Waals surface area contributed by atoms with Gasteiger partial charge in [-0.2, -0.15) is 0 Å². The number of benzene rings is 2. The molecule has 0 bridgehead atoms. The Kier molecular flexibility index (Phi) is 3.55. The number of ether oxygens (including phenoxy) is 1. The van der Waals surface area contributed by atoms with E-state index in [0.717, 1.165) is 16.9 Å². The van der Waals surface area contributed by atoms with E-state index in [2.05, 4.69) is 36.3 Å². The second-order valence-electron chi connectivity index (χ2n) is 5.28. The van der Waals surface area contributed by atoms with E-state index in [4.69, 9.17) is 10.5 Å². The van der Waals surface area contributed by atoms with Crippen molar-refractivity contribution in [1.82, 2.24) is 15.0 Å². The maximum atomic E-state index is 5.86. The molecule has 0 saturated heterocycles. The highest BCUT2D eigenvalue weighted by molar-refractivity contribution is 5.62. The van der Waals surface area contributed by atoms with Crippen LogP contribution < -0.4 is 10.5 Å². The average molecular weight is 294 g/mol. The Morgan fingerprint density at radius 1 is 1.05 bits per heavy atom. The zero-order valence-electron chi connectivity index (χ0n) is 12.9. The third-order valence-corrected chi connectivity index (χ3v) is 3.75. The molecule has 22 heavy (non-hydrogen) atoms. The van der Waals surface area contributed by atoms with Crippen LogP contribution in [0.3, 0.4) is 0 Å². The topological polar surface area (TPSA) is 66.0 Å². The predicted molar refractivity (Wildman–Crippen MR) is 87.2 cm³/mol. The SMILES string of the molecule is COc1ccc(N)cc1-n1cc(-c2ccc(C)c(C)c2)nn1. The first-order valence-corrected chi connectivity index (χ1v) is 7.02. The molecule has 2 N–H and O–H groups in total. The molecule has 0 unspecified atom stereocenters. The van der Waals surface area contributed by atoms with E-state index in [0.29, 0.717) is 11.4 Å². The lowest BCUT2D eigenvalue weighted by molar-refractivity contribution is 0.411. The van der Waals surface area contributed by atoms with Crippen LogP contribution in [0.25, 0.3) is 16.9 Å². The van der Waals surface area contributed by atoms with Gasteiger partial charge in [-0.05, 0) is 49.2 Å². The molecule has 0 spiro atoms. The number of hydrogen-bond donors (Lipinski definition) is 1. The van der Waals surface area contributed by atoms with Crippen LogP contribution >= 0.6 is 0 Å². The maximum Gasteiger partial charge on any atom is 0.144 e. The van der Waals surface area contributed by atoms with Gasteiger partial charge in [-0.3, -0.25) is 0 Å². The minimum Gasteiger partial charge on any atom is -0.494 e. The number of aryl methyl sites for hydroxylation is 2. The van der Waals surface area contributed by atoms with Crippen molar-refractivity contribution in [3.8, 4) is 22.7 Å². The zero-order chi connectivity index (χ0) is 15.7. The molecule has 1 heterocycles. The monoisotopic (exact) mass is 294 g/mol. The first kappa shape index (κ1) is 14.1. The average Bonchev–Trinajstić information content (AvgIpc) is 3.00. The molecule has 0 aliphatic carbocycles. The summed E-state index contributed by atoms with van der Waals surface area (Å²) in [6.07, 6.45) is 1.88. The predicted octanol–water partition coefficient (Wildman–Crippen LogP) is 3.14. The fraction of sp³-hybridized carbons (Fsp3) is 0.176. The van der Waals surface area contributed by atoms with E-state index in [1.54, 1.807) is 17.9 Å². The summed E-state index contributed by atoms with van der Waals surface area (Å²) >= 11 is 0. The second kappa shape index (κ2) is 5.52. The molecule has 0 atom stereocenters. The lowest BCUT2D eigenvalue weighted by Gasteiger charge is -2.08. The summed E-state index contributed by atoms with van der Waals surface area (Å²) in [5.41, 5.74) is 11.6. The van der Waals surface area contributed by atoms with Crippen LogP contribution in [0.1, 0.15) is 11.1 Å². The number of aromatic nitrogens is 3. The normalized spacial score (nSPS) is 10.7. The van der Waals surface area contributed by atoms with Crippen molar-refractivity contribution in [1.29, 1.82) is 0 Å². The van der Waals surface area contributed by atoms with Crippen LogP contribution in [0.2, 0.25) is 0 Å². The molecule has 0 fully saturated rings. The van der Waals surface area contributed by atoms with E-state index < -0.39 is 0 Å². The molecular formula is C17H18N4O. The van der Waals surface area contributed by atoms with Gasteiger partial charge in [0.2, 0.25) is 0 Å². The molecule has 5 nitrogen and oxygen atoms in total. The Labute approximate surface area is 129 Å². The van der Waals surface area contributed by atoms with Gasteiger partial charge in [-0.1, -0.05) is 17.3 Å². The van der Waals surface area contributed by atoms with Crippen LogP contribution in [0, 0.1) is 13.8 Å². The van der Waals surface area contributed by atoms with Gasteiger partial charge in [0.1, 0.15) is 17.1 Å². The van der Waals surface area contributed by atoms with Crippen LogP contribution in [0.5, 0.6) is 5.75 Å². The molecule has 0 aliphatic heterocycles. The summed E-state index contributed by atoms with van der Waals surface area (Å²) in [6, 6.07) is 11.7. The van der Waals surface area contributed by atoms with Crippen molar-refractivity contribution in [2.75, 3.05) is 12.8 Å². The number of rotatable bonds is 3. The first-order chi connectivity index (χ1) is 10.6. The molecule has 0 amide bonds. The highest BCUT2D eigenvalue weighted by atomic mass is 16.5. The summed E-state index contributed by atoms with van der Waals surface area (Å²) < 4.78 is 7.04. The summed E-state index contributed by atoms with van der Waals surface area (Å²) in [5, 5.41) is 8.45. The lowest BCUT2D eigenvalue weighted by atomic mass is 10.0. The van der Waals surface area contributed by atoms with Gasteiger partial charge < -0.3 is 10.5 Å². The summed E-state index contributed by atoms with van der Waals surface area (Å²) in [7, 11) is 1.62. The van der Waals surface area contributed by atoms with E-state index in [-0.39, 0.29) is 0 Å². The van der Waals surface area contributed by atoms with Crippen molar-refractivity contribution in [2.45, 2.75) is 13.8 Å². The molecule has 2 aromatic carbocycles. The number of nitrogens with zero attached hydrogens (tertiary/aromatic N) is 3. The Balaban J connectivity index is 2.04. The van der Waals surface area contributed by atoms with Gasteiger partial charge in [0.05, 0.1) is 13.3 Å². The zero-order valence-corrected chi connectivity index (χ0v) is 12.9. The van der Waals surface area contributed by atoms with Gasteiger partial charge in [-0.15, -0.1) is 5.10 Å². The Hall–Kier alpha value is -2.82. The summed E-state index contributed by atoms with van der Waals surface area (Å²) in [4.78, 5) is 0. The Morgan fingerprint density at radius 3 is 2.59 bits per heavy atom. The number of anilines is 1. The van der Waals surface area contributed by atoms with Crippen LogP contribution in [0.4, 0.5) is 5.69 Å². The van der Waals surface area contributed by atoms with Gasteiger partial charge in [-0.25, -0.2) is 4.68 Å². The molecule has 0 radical (unpaired) electrons. The molecule has 0 aliphatic rings. The molecule has 1 aromatic heterocycles. The third kappa shape index (κ3) is 2.53. The van der Waals surface area contributed by atoms with Gasteiger partial charge in [0.25, 0.3) is 0 Å². The van der Waals surface area contributed by atoms with E-state index in [1.807, 2.05) is 24.4 Å². The molecule has 5 heteroatoms. The fourth-order valence-corrected chi connectivity index (χ4v) is 2.30. The van der Waals surface area contributed by atoms with E-state index in [9.17, 15) is 0 Å². The van der Waals surface area contributed by atoms with Gasteiger partial charge in [0, 0.05) is 11.3 Å². The van der Waals surface area contributed by atoms with Crippen molar-refractivity contribution in [2.24, 2.45) is 0 Å². The first-order valence-electron chi connectivity index (χ1n) is 7.02. The minimum atomic E-state index is 0.652. The summed E-state index contributed by atoms with van der Waals surface area (Å²) in [6.45, 7) is 4.18. The number of nitrogen functional groups attached to an aromatic ring is 1.